The van der Waals surface area contributed by atoms with Crippen LogP contribution in [0.15, 0.2) is 60.0 Å². The van der Waals surface area contributed by atoms with E-state index in [1.807, 2.05) is 61.0 Å². The van der Waals surface area contributed by atoms with Crippen molar-refractivity contribution in [2.75, 3.05) is 7.05 Å². The molecular weight excluding hydrogens is 402 g/mol. The lowest BCUT2D eigenvalue weighted by molar-refractivity contribution is -0.169. The average molecular weight is 428 g/mol. The number of nitrogens with one attached hydrogen (secondary N) is 1. The van der Waals surface area contributed by atoms with Crippen molar-refractivity contribution in [1.29, 1.82) is 0 Å². The third kappa shape index (κ3) is 4.16. The number of esters is 1. The molecule has 3 aromatic rings. The van der Waals surface area contributed by atoms with E-state index in [1.54, 1.807) is 6.07 Å². The van der Waals surface area contributed by atoms with Crippen LogP contribution in [0.1, 0.15) is 35.4 Å². The summed E-state index contributed by atoms with van der Waals surface area (Å²) in [6.07, 6.45) is 3.44. The van der Waals surface area contributed by atoms with Crippen molar-refractivity contribution in [2.24, 2.45) is 0 Å². The van der Waals surface area contributed by atoms with Crippen molar-refractivity contribution in [2.45, 2.75) is 43.4 Å². The van der Waals surface area contributed by atoms with Crippen LogP contribution in [-0.2, 0) is 15.1 Å². The Morgan fingerprint density at radius 3 is 2.45 bits per heavy atom. The largest absolute Gasteiger partial charge is 0.460 e. The number of carbonyl (C=O) groups is 1. The van der Waals surface area contributed by atoms with E-state index >= 15 is 0 Å². The second kappa shape index (κ2) is 8.79. The zero-order valence-electron chi connectivity index (χ0n) is 16.3. The van der Waals surface area contributed by atoms with Crippen LogP contribution < -0.4 is 5.32 Å². The van der Waals surface area contributed by atoms with Gasteiger partial charge < -0.3 is 15.2 Å². The lowest BCUT2D eigenvalue weighted by Gasteiger charge is -2.31. The fourth-order valence-corrected chi connectivity index (χ4v) is 5.80. The summed E-state index contributed by atoms with van der Waals surface area (Å²) >= 11 is 2.80. The predicted octanol–water partition coefficient (Wildman–Crippen LogP) is 4.79. The van der Waals surface area contributed by atoms with Gasteiger partial charge in [0.15, 0.2) is 0 Å². The van der Waals surface area contributed by atoms with E-state index in [9.17, 15) is 9.90 Å². The Hall–Kier alpha value is -1.99. The molecule has 0 saturated heterocycles. The lowest BCUT2D eigenvalue weighted by atomic mass is 9.92. The van der Waals surface area contributed by atoms with E-state index in [2.05, 4.69) is 5.32 Å². The third-order valence-corrected chi connectivity index (χ3v) is 7.77. The Morgan fingerprint density at radius 1 is 1.03 bits per heavy atom. The minimum absolute atomic E-state index is 0.146. The summed E-state index contributed by atoms with van der Waals surface area (Å²) in [6, 6.07) is 17.9. The maximum absolute atomic E-state index is 13.3. The van der Waals surface area contributed by atoms with Crippen LogP contribution >= 0.6 is 22.7 Å². The summed E-state index contributed by atoms with van der Waals surface area (Å²) in [5.41, 5.74) is -0.706. The zero-order chi connectivity index (χ0) is 20.3. The number of aliphatic hydroxyl groups is 1. The van der Waals surface area contributed by atoms with Gasteiger partial charge in [0.25, 0.3) is 0 Å². The molecule has 1 atom stereocenters. The summed E-state index contributed by atoms with van der Waals surface area (Å²) in [4.78, 5) is 15.4. The Morgan fingerprint density at radius 2 is 1.79 bits per heavy atom. The molecule has 0 aliphatic heterocycles. The molecule has 1 aliphatic rings. The Balaban J connectivity index is 1.60. The van der Waals surface area contributed by atoms with Crippen molar-refractivity contribution in [3.8, 4) is 10.4 Å². The maximum atomic E-state index is 13.3. The molecule has 0 bridgehead atoms. The Kier molecular flexibility index (Phi) is 6.15. The highest BCUT2D eigenvalue weighted by Crippen LogP contribution is 2.41. The fraction of sp³-hybridized carbons (Fsp3) is 0.348. The number of hydrogen-bond acceptors (Lipinski definition) is 6. The molecule has 1 saturated carbocycles. The Labute approximate surface area is 179 Å². The van der Waals surface area contributed by atoms with Crippen LogP contribution in [-0.4, -0.2) is 30.3 Å². The Bertz CT molecular complexity index is 930. The highest BCUT2D eigenvalue weighted by Gasteiger charge is 2.45. The summed E-state index contributed by atoms with van der Waals surface area (Å²) in [7, 11) is 1.97. The fourth-order valence-electron chi connectivity index (χ4n) is 3.80. The first kappa shape index (κ1) is 20.3. The molecule has 4 rings (SSSR count). The summed E-state index contributed by atoms with van der Waals surface area (Å²) in [6.45, 7) is 0. The van der Waals surface area contributed by atoms with Crippen LogP contribution in [0.2, 0.25) is 0 Å². The summed E-state index contributed by atoms with van der Waals surface area (Å²) < 4.78 is 5.84. The zero-order valence-corrected chi connectivity index (χ0v) is 18.0. The van der Waals surface area contributed by atoms with Gasteiger partial charge in [-0.05, 0) is 61.9 Å². The molecule has 152 valence electrons. The number of rotatable bonds is 6. The lowest BCUT2D eigenvalue weighted by Crippen LogP contribution is -2.41. The SMILES string of the molecule is CN[C@H]1CC[C@H](OC(=O)[C@@](O)(c2cccs2)c2ccc(-c3ccccc3)s2)CC1. The van der Waals surface area contributed by atoms with Crippen LogP contribution in [0.4, 0.5) is 0 Å². The van der Waals surface area contributed by atoms with Crippen molar-refractivity contribution < 1.29 is 14.6 Å². The van der Waals surface area contributed by atoms with Crippen molar-refractivity contribution in [1.82, 2.24) is 5.32 Å². The van der Waals surface area contributed by atoms with Crippen LogP contribution in [0.5, 0.6) is 0 Å². The van der Waals surface area contributed by atoms with E-state index in [-0.39, 0.29) is 6.10 Å². The first-order valence-corrected chi connectivity index (χ1v) is 11.6. The van der Waals surface area contributed by atoms with Gasteiger partial charge in [-0.1, -0.05) is 36.4 Å². The minimum atomic E-state index is -1.77. The third-order valence-electron chi connectivity index (χ3n) is 5.55. The number of ether oxygens (including phenoxy) is 1. The number of benzene rings is 1. The molecule has 2 heterocycles. The van der Waals surface area contributed by atoms with Gasteiger partial charge in [-0.15, -0.1) is 22.7 Å². The number of hydrogen-bond donors (Lipinski definition) is 2. The number of carbonyl (C=O) groups excluding carboxylic acids is 1. The van der Waals surface area contributed by atoms with E-state index in [1.165, 1.54) is 22.7 Å². The molecule has 0 spiro atoms. The highest BCUT2D eigenvalue weighted by molar-refractivity contribution is 7.16. The molecule has 1 fully saturated rings. The second-order valence-corrected chi connectivity index (χ2v) is 9.42. The van der Waals surface area contributed by atoms with Crippen LogP contribution in [0.3, 0.4) is 0 Å². The molecule has 1 aromatic carbocycles. The standard InChI is InChI=1S/C23H25NO3S2/c1-24-17-9-11-18(12-10-17)27-22(25)23(26,20-8-5-15-28-20)21-14-13-19(29-21)16-6-3-2-4-7-16/h2-8,13-15,17-18,24,26H,9-12H2,1H3/t17-,18-,23-/m1/s1. The molecule has 6 heteroatoms. The van der Waals surface area contributed by atoms with Crippen LogP contribution in [0.25, 0.3) is 10.4 Å². The molecule has 29 heavy (non-hydrogen) atoms. The summed E-state index contributed by atoms with van der Waals surface area (Å²) in [5.74, 6) is -0.575. The van der Waals surface area contributed by atoms with Crippen molar-refractivity contribution in [3.05, 3.63) is 69.7 Å². The molecule has 2 aromatic heterocycles. The molecule has 0 radical (unpaired) electrons. The average Bonchev–Trinajstić information content (AvgIpc) is 3.47. The van der Waals surface area contributed by atoms with E-state index in [0.29, 0.717) is 15.8 Å². The quantitative estimate of drug-likeness (QED) is 0.556. The molecule has 4 nitrogen and oxygen atoms in total. The summed E-state index contributed by atoms with van der Waals surface area (Å²) in [5, 5.41) is 16.8. The van der Waals surface area contributed by atoms with E-state index in [4.69, 9.17) is 4.74 Å². The predicted molar refractivity (Wildman–Crippen MR) is 118 cm³/mol. The second-order valence-electron chi connectivity index (χ2n) is 7.39. The van der Waals surface area contributed by atoms with E-state index in [0.717, 1.165) is 36.1 Å². The van der Waals surface area contributed by atoms with Crippen LogP contribution in [0, 0.1) is 0 Å². The molecule has 1 aliphatic carbocycles. The topological polar surface area (TPSA) is 58.6 Å². The van der Waals surface area contributed by atoms with Gasteiger partial charge in [0, 0.05) is 10.9 Å². The van der Waals surface area contributed by atoms with Gasteiger partial charge in [0.1, 0.15) is 6.10 Å². The molecular formula is C23H25NO3S2. The first-order valence-electron chi connectivity index (χ1n) is 9.91. The van der Waals surface area contributed by atoms with Gasteiger partial charge in [-0.3, -0.25) is 0 Å². The molecule has 0 amide bonds. The van der Waals surface area contributed by atoms with Gasteiger partial charge in [-0.2, -0.15) is 0 Å². The normalized spacial score (nSPS) is 21.4. The van der Waals surface area contributed by atoms with Gasteiger partial charge in [-0.25, -0.2) is 4.79 Å². The first-order chi connectivity index (χ1) is 14.1. The minimum Gasteiger partial charge on any atom is -0.460 e. The monoisotopic (exact) mass is 427 g/mol. The highest BCUT2D eigenvalue weighted by atomic mass is 32.1. The van der Waals surface area contributed by atoms with Gasteiger partial charge in [0.2, 0.25) is 5.60 Å². The molecule has 2 N–H and O–H groups in total. The van der Waals surface area contributed by atoms with Gasteiger partial charge >= 0.3 is 5.97 Å². The van der Waals surface area contributed by atoms with E-state index < -0.39 is 11.6 Å². The number of thiophene rings is 2. The van der Waals surface area contributed by atoms with Gasteiger partial charge in [0.05, 0.1) is 9.75 Å². The molecule has 0 unspecified atom stereocenters. The maximum Gasteiger partial charge on any atom is 0.349 e. The van der Waals surface area contributed by atoms with Crippen molar-refractivity contribution in [3.63, 3.8) is 0 Å². The smallest absolute Gasteiger partial charge is 0.349 e. The van der Waals surface area contributed by atoms with Crippen molar-refractivity contribution >= 4 is 28.6 Å².